The van der Waals surface area contributed by atoms with Gasteiger partial charge in [0.05, 0.1) is 12.8 Å². The van der Waals surface area contributed by atoms with Crippen LogP contribution in [-0.4, -0.2) is 18.9 Å². The van der Waals surface area contributed by atoms with E-state index in [1.165, 1.54) is 13.2 Å². The molecule has 2 unspecified atom stereocenters. The van der Waals surface area contributed by atoms with Gasteiger partial charge in [0.25, 0.3) is 0 Å². The Kier molecular flexibility index (Phi) is 4.40. The number of para-hydroxylation sites is 1. The molecule has 0 aliphatic heterocycles. The second-order valence-electron chi connectivity index (χ2n) is 4.87. The first kappa shape index (κ1) is 14.1. The summed E-state index contributed by atoms with van der Waals surface area (Å²) in [6, 6.07) is 9.59. The molecule has 1 aromatic carbocycles. The number of carbonyl (C=O) groups is 2. The van der Waals surface area contributed by atoms with Gasteiger partial charge in [0.15, 0.2) is 5.78 Å². The molecule has 20 heavy (non-hydrogen) atoms. The van der Waals surface area contributed by atoms with Crippen LogP contribution in [0.1, 0.15) is 13.3 Å². The van der Waals surface area contributed by atoms with Crippen molar-refractivity contribution >= 4 is 17.4 Å². The molecule has 0 amide bonds. The van der Waals surface area contributed by atoms with Gasteiger partial charge in [-0.3, -0.25) is 9.59 Å². The van der Waals surface area contributed by atoms with Crippen molar-refractivity contribution in [2.45, 2.75) is 13.3 Å². The molecule has 5 heteroatoms. The third-order valence-electron chi connectivity index (χ3n) is 3.33. The molecule has 0 saturated carbocycles. The van der Waals surface area contributed by atoms with Crippen LogP contribution in [-0.2, 0) is 14.3 Å². The zero-order valence-electron chi connectivity index (χ0n) is 11.6. The number of nitrogens with one attached hydrogen (secondary N) is 2. The van der Waals surface area contributed by atoms with Crippen LogP contribution in [0.5, 0.6) is 0 Å². The molecule has 2 rings (SSSR count). The van der Waals surface area contributed by atoms with E-state index in [9.17, 15) is 9.59 Å². The van der Waals surface area contributed by atoms with Gasteiger partial charge < -0.3 is 15.6 Å². The van der Waals surface area contributed by atoms with Gasteiger partial charge in [-0.15, -0.1) is 0 Å². The average Bonchev–Trinajstić information content (AvgIpc) is 2.45. The van der Waals surface area contributed by atoms with Crippen LogP contribution in [0.15, 0.2) is 42.1 Å². The highest BCUT2D eigenvalue weighted by molar-refractivity contribution is 6.06. The highest BCUT2D eigenvalue weighted by Gasteiger charge is 2.35. The molecule has 1 aliphatic carbocycles. The smallest absolute Gasteiger partial charge is 0.316 e. The molecule has 0 aromatic heterocycles. The van der Waals surface area contributed by atoms with Crippen LogP contribution < -0.4 is 10.9 Å². The third-order valence-corrected chi connectivity index (χ3v) is 3.33. The number of ether oxygens (including phenoxy) is 1. The molecule has 0 saturated heterocycles. The normalized spacial score (nSPS) is 21.9. The van der Waals surface area contributed by atoms with Gasteiger partial charge >= 0.3 is 5.97 Å². The average molecular weight is 274 g/mol. The zero-order valence-corrected chi connectivity index (χ0v) is 11.6. The van der Waals surface area contributed by atoms with Crippen LogP contribution >= 0.6 is 0 Å². The molecular weight excluding hydrogens is 256 g/mol. The Bertz CT molecular complexity index is 525. The first-order valence-electron chi connectivity index (χ1n) is 6.51. The van der Waals surface area contributed by atoms with E-state index in [0.29, 0.717) is 6.42 Å². The summed E-state index contributed by atoms with van der Waals surface area (Å²) in [5.41, 5.74) is 7.72. The molecule has 5 nitrogen and oxygen atoms in total. The number of esters is 1. The predicted molar refractivity (Wildman–Crippen MR) is 75.6 cm³/mol. The van der Waals surface area contributed by atoms with E-state index in [2.05, 4.69) is 15.6 Å². The van der Waals surface area contributed by atoms with Crippen molar-refractivity contribution in [2.75, 3.05) is 12.5 Å². The fraction of sp³-hybridized carbons (Fsp3) is 0.333. The summed E-state index contributed by atoms with van der Waals surface area (Å²) in [6.07, 6.45) is 2.09. The van der Waals surface area contributed by atoms with Gasteiger partial charge in [-0.25, -0.2) is 0 Å². The lowest BCUT2D eigenvalue weighted by atomic mass is 9.82. The number of rotatable bonds is 4. The standard InChI is InChI=1S/C15H18N2O3/c1-10-8-12(9-13(18)14(10)15(19)20-2)17-16-11-6-4-3-5-7-11/h3-7,9-10,14,16-17H,8H2,1-2H3. The SMILES string of the molecule is COC(=O)C1C(=O)C=C(NNc2ccccc2)CC1C. The lowest BCUT2D eigenvalue weighted by Gasteiger charge is -2.26. The molecule has 106 valence electrons. The number of hydrazine groups is 1. The van der Waals surface area contributed by atoms with Gasteiger partial charge in [0, 0.05) is 11.8 Å². The minimum absolute atomic E-state index is 0.0833. The van der Waals surface area contributed by atoms with E-state index in [-0.39, 0.29) is 11.7 Å². The summed E-state index contributed by atoms with van der Waals surface area (Å²) in [5, 5.41) is 0. The molecule has 1 aromatic rings. The maximum Gasteiger partial charge on any atom is 0.316 e. The number of hydrogen-bond acceptors (Lipinski definition) is 5. The summed E-state index contributed by atoms with van der Waals surface area (Å²) in [6.45, 7) is 1.87. The van der Waals surface area contributed by atoms with Crippen LogP contribution in [0.25, 0.3) is 0 Å². The number of ketones is 1. The van der Waals surface area contributed by atoms with Crippen molar-refractivity contribution in [1.82, 2.24) is 5.43 Å². The molecule has 0 spiro atoms. The van der Waals surface area contributed by atoms with Crippen LogP contribution in [0.3, 0.4) is 0 Å². The fourth-order valence-electron chi connectivity index (χ4n) is 2.30. The van der Waals surface area contributed by atoms with Gasteiger partial charge in [-0.2, -0.15) is 0 Å². The number of allylic oxidation sites excluding steroid dienone is 2. The van der Waals surface area contributed by atoms with E-state index in [4.69, 9.17) is 0 Å². The molecule has 0 radical (unpaired) electrons. The quantitative estimate of drug-likeness (QED) is 0.498. The Hall–Kier alpha value is -2.30. The molecule has 1 aliphatic rings. The van der Waals surface area contributed by atoms with Gasteiger partial charge in [0.1, 0.15) is 5.92 Å². The topological polar surface area (TPSA) is 67.4 Å². The van der Waals surface area contributed by atoms with Crippen molar-refractivity contribution in [2.24, 2.45) is 11.8 Å². The van der Waals surface area contributed by atoms with Crippen molar-refractivity contribution < 1.29 is 14.3 Å². The summed E-state index contributed by atoms with van der Waals surface area (Å²) in [4.78, 5) is 23.5. The Morgan fingerprint density at radius 2 is 1.95 bits per heavy atom. The fourth-order valence-corrected chi connectivity index (χ4v) is 2.30. The van der Waals surface area contributed by atoms with Gasteiger partial charge in [0.2, 0.25) is 0 Å². The Balaban J connectivity index is 2.01. The largest absolute Gasteiger partial charge is 0.468 e. The Labute approximate surface area is 118 Å². The highest BCUT2D eigenvalue weighted by atomic mass is 16.5. The molecule has 0 heterocycles. The van der Waals surface area contributed by atoms with Gasteiger partial charge in [-0.05, 0) is 24.5 Å². The van der Waals surface area contributed by atoms with Crippen LogP contribution in [0, 0.1) is 11.8 Å². The summed E-state index contributed by atoms with van der Waals surface area (Å²) < 4.78 is 4.67. The Morgan fingerprint density at radius 3 is 2.55 bits per heavy atom. The van der Waals surface area contributed by atoms with Crippen molar-refractivity contribution in [3.63, 3.8) is 0 Å². The zero-order chi connectivity index (χ0) is 14.5. The summed E-state index contributed by atoms with van der Waals surface area (Å²) in [7, 11) is 1.30. The number of methoxy groups -OCH3 is 1. The van der Waals surface area contributed by atoms with Gasteiger partial charge in [-0.1, -0.05) is 25.1 Å². The number of anilines is 1. The number of benzene rings is 1. The monoisotopic (exact) mass is 274 g/mol. The third kappa shape index (κ3) is 3.17. The molecule has 0 fully saturated rings. The molecule has 2 atom stereocenters. The van der Waals surface area contributed by atoms with E-state index in [1.807, 2.05) is 37.3 Å². The molecule has 0 bridgehead atoms. The maximum absolute atomic E-state index is 12.0. The van der Waals surface area contributed by atoms with E-state index in [0.717, 1.165) is 11.4 Å². The van der Waals surface area contributed by atoms with Crippen LogP contribution in [0.2, 0.25) is 0 Å². The van der Waals surface area contributed by atoms with Crippen molar-refractivity contribution in [3.05, 3.63) is 42.1 Å². The number of hydrogen-bond donors (Lipinski definition) is 2. The second-order valence-corrected chi connectivity index (χ2v) is 4.87. The lowest BCUT2D eigenvalue weighted by molar-refractivity contribution is -0.150. The van der Waals surface area contributed by atoms with Crippen molar-refractivity contribution in [3.8, 4) is 0 Å². The number of carbonyl (C=O) groups excluding carboxylic acids is 2. The first-order valence-corrected chi connectivity index (χ1v) is 6.51. The Morgan fingerprint density at radius 1 is 1.25 bits per heavy atom. The van der Waals surface area contributed by atoms with E-state index >= 15 is 0 Å². The summed E-state index contributed by atoms with van der Waals surface area (Å²) in [5.74, 6) is -1.45. The minimum atomic E-state index is -0.692. The summed E-state index contributed by atoms with van der Waals surface area (Å²) >= 11 is 0. The van der Waals surface area contributed by atoms with E-state index in [1.54, 1.807) is 0 Å². The predicted octanol–water partition coefficient (Wildman–Crippen LogP) is 1.89. The first-order chi connectivity index (χ1) is 9.61. The maximum atomic E-state index is 12.0. The second kappa shape index (κ2) is 6.23. The lowest BCUT2D eigenvalue weighted by Crippen LogP contribution is -2.36. The highest BCUT2D eigenvalue weighted by Crippen LogP contribution is 2.26. The molecule has 2 N–H and O–H groups in total. The van der Waals surface area contributed by atoms with Crippen molar-refractivity contribution in [1.29, 1.82) is 0 Å². The minimum Gasteiger partial charge on any atom is -0.468 e. The van der Waals surface area contributed by atoms with E-state index < -0.39 is 11.9 Å². The van der Waals surface area contributed by atoms with Crippen LogP contribution in [0.4, 0.5) is 5.69 Å². The molecular formula is C15H18N2O3.